The van der Waals surface area contributed by atoms with Gasteiger partial charge >= 0.3 is 12.2 Å². The fraction of sp³-hybridized carbons (Fsp3) is 0.324. The minimum atomic E-state index is -1.19. The maximum Gasteiger partial charge on any atom is 0.407 e. The molecule has 1 atom stereocenters. The SMILES string of the molecule is Cn1ncc(NC(=O)[C@H](CCCNC(=O)O)NC(=O)CCNC(=O)OC(C)(C)C)c1NC(c1ccccc1)(c1ccccc1)c1ccccc1. The zero-order valence-electron chi connectivity index (χ0n) is 28.7. The van der Waals surface area contributed by atoms with E-state index in [1.165, 1.54) is 6.20 Å². The number of nitrogens with zero attached hydrogens (tertiary/aromatic N) is 2. The number of hydrogen-bond donors (Lipinski definition) is 6. The average Bonchev–Trinajstić information content (AvgIpc) is 3.42. The number of nitrogens with one attached hydrogen (secondary N) is 5. The molecule has 13 nitrogen and oxygen atoms in total. The maximum atomic E-state index is 13.8. The van der Waals surface area contributed by atoms with Crippen LogP contribution in [0.1, 0.15) is 56.7 Å². The minimum Gasteiger partial charge on any atom is -0.465 e. The highest BCUT2D eigenvalue weighted by atomic mass is 16.6. The second-order valence-corrected chi connectivity index (χ2v) is 12.7. The van der Waals surface area contributed by atoms with Gasteiger partial charge < -0.3 is 36.4 Å². The van der Waals surface area contributed by atoms with Gasteiger partial charge in [-0.2, -0.15) is 5.10 Å². The van der Waals surface area contributed by atoms with E-state index in [1.54, 1.807) is 32.5 Å². The van der Waals surface area contributed by atoms with Crippen molar-refractivity contribution in [2.24, 2.45) is 7.05 Å². The summed E-state index contributed by atoms with van der Waals surface area (Å²) in [7, 11) is 1.76. The molecule has 0 saturated carbocycles. The van der Waals surface area contributed by atoms with E-state index >= 15 is 0 Å². The molecule has 264 valence electrons. The van der Waals surface area contributed by atoms with Crippen LogP contribution in [-0.4, -0.2) is 63.6 Å². The van der Waals surface area contributed by atoms with Crippen LogP contribution in [-0.2, 0) is 26.9 Å². The first-order valence-corrected chi connectivity index (χ1v) is 16.4. The number of aromatic nitrogens is 2. The summed E-state index contributed by atoms with van der Waals surface area (Å²) in [6.07, 6.45) is -0.00657. The average molecular weight is 684 g/mol. The number of aryl methyl sites for hydroxylation is 1. The van der Waals surface area contributed by atoms with Crippen molar-refractivity contribution in [3.05, 3.63) is 114 Å². The van der Waals surface area contributed by atoms with Crippen LogP contribution in [0.25, 0.3) is 0 Å². The van der Waals surface area contributed by atoms with Gasteiger partial charge in [0.2, 0.25) is 11.8 Å². The fourth-order valence-electron chi connectivity index (χ4n) is 5.48. The summed E-state index contributed by atoms with van der Waals surface area (Å²) in [5, 5.41) is 27.7. The molecular formula is C37H45N7O6. The van der Waals surface area contributed by atoms with E-state index in [0.717, 1.165) is 16.7 Å². The molecule has 1 heterocycles. The highest BCUT2D eigenvalue weighted by Crippen LogP contribution is 2.41. The standard InChI is InChI=1S/C37H45N7O6/c1-36(2,3)50-35(49)39-24-22-31(45)41-29(21-14-23-38-34(47)48)33(46)42-30-25-40-44(4)32(30)43-37(26-15-8-5-9-16-26,27-17-10-6-11-18-27)28-19-12-7-13-20-28/h5-13,15-20,25,29,38,43H,14,21-24H2,1-4H3,(H,39,49)(H,41,45)(H,42,46)(H,47,48)/t29-/m0/s1. The second kappa shape index (κ2) is 17.0. The van der Waals surface area contributed by atoms with Crippen molar-refractivity contribution in [1.82, 2.24) is 25.7 Å². The van der Waals surface area contributed by atoms with E-state index < -0.39 is 41.2 Å². The third kappa shape index (κ3) is 10.1. The van der Waals surface area contributed by atoms with Gasteiger partial charge in [-0.1, -0.05) is 91.0 Å². The highest BCUT2D eigenvalue weighted by molar-refractivity contribution is 5.99. The molecule has 4 rings (SSSR count). The van der Waals surface area contributed by atoms with E-state index in [0.29, 0.717) is 11.5 Å². The minimum absolute atomic E-state index is 0.00707. The predicted molar refractivity (Wildman–Crippen MR) is 191 cm³/mol. The largest absolute Gasteiger partial charge is 0.465 e. The van der Waals surface area contributed by atoms with Crippen molar-refractivity contribution in [2.45, 2.75) is 57.2 Å². The van der Waals surface area contributed by atoms with E-state index in [4.69, 9.17) is 9.84 Å². The van der Waals surface area contributed by atoms with Crippen molar-refractivity contribution in [1.29, 1.82) is 0 Å². The number of anilines is 2. The third-order valence-corrected chi connectivity index (χ3v) is 7.74. The Hall–Kier alpha value is -5.85. The molecule has 0 aliphatic rings. The van der Waals surface area contributed by atoms with E-state index in [1.807, 2.05) is 91.0 Å². The number of carbonyl (C=O) groups excluding carboxylic acids is 3. The van der Waals surface area contributed by atoms with Gasteiger partial charge in [-0.25, -0.2) is 9.59 Å². The van der Waals surface area contributed by atoms with Crippen molar-refractivity contribution in [3.8, 4) is 0 Å². The Morgan fingerprint density at radius 1 is 0.820 bits per heavy atom. The normalized spacial score (nSPS) is 11.9. The van der Waals surface area contributed by atoms with Crippen LogP contribution < -0.4 is 26.6 Å². The molecule has 0 fully saturated rings. The Bertz CT molecular complexity index is 1630. The lowest BCUT2D eigenvalue weighted by Gasteiger charge is -2.38. The van der Waals surface area contributed by atoms with E-state index in [2.05, 4.69) is 31.7 Å². The third-order valence-electron chi connectivity index (χ3n) is 7.74. The van der Waals surface area contributed by atoms with E-state index in [9.17, 15) is 19.2 Å². The van der Waals surface area contributed by atoms with Gasteiger partial charge in [0, 0.05) is 26.6 Å². The van der Waals surface area contributed by atoms with Crippen LogP contribution in [0, 0.1) is 0 Å². The number of carboxylic acid groups (broad SMARTS) is 1. The Labute approximate surface area is 291 Å². The molecule has 0 aliphatic heterocycles. The lowest BCUT2D eigenvalue weighted by Crippen LogP contribution is -2.45. The molecule has 3 aromatic carbocycles. The first-order valence-electron chi connectivity index (χ1n) is 16.4. The molecule has 4 aromatic rings. The Balaban J connectivity index is 1.61. The number of benzene rings is 3. The summed E-state index contributed by atoms with van der Waals surface area (Å²) in [4.78, 5) is 49.8. The van der Waals surface area contributed by atoms with Crippen LogP contribution in [0.15, 0.2) is 97.2 Å². The number of carbonyl (C=O) groups is 4. The number of alkyl carbamates (subject to hydrolysis) is 1. The Morgan fingerprint density at radius 2 is 1.36 bits per heavy atom. The highest BCUT2D eigenvalue weighted by Gasteiger charge is 2.38. The summed E-state index contributed by atoms with van der Waals surface area (Å²) >= 11 is 0. The van der Waals surface area contributed by atoms with Crippen LogP contribution in [0.3, 0.4) is 0 Å². The number of ether oxygens (including phenoxy) is 1. The molecule has 0 saturated heterocycles. The quantitative estimate of drug-likeness (QED) is 0.0731. The monoisotopic (exact) mass is 683 g/mol. The first-order chi connectivity index (χ1) is 23.9. The molecular weight excluding hydrogens is 638 g/mol. The molecule has 0 bridgehead atoms. The summed E-state index contributed by atoms with van der Waals surface area (Å²) < 4.78 is 6.84. The van der Waals surface area contributed by atoms with Crippen molar-refractivity contribution in [2.75, 3.05) is 23.7 Å². The zero-order valence-corrected chi connectivity index (χ0v) is 28.7. The van der Waals surface area contributed by atoms with Crippen LogP contribution in [0.5, 0.6) is 0 Å². The molecule has 0 unspecified atom stereocenters. The Kier molecular flexibility index (Phi) is 12.6. The van der Waals surface area contributed by atoms with Gasteiger partial charge in [-0.05, 0) is 50.3 Å². The molecule has 50 heavy (non-hydrogen) atoms. The fourth-order valence-corrected chi connectivity index (χ4v) is 5.48. The zero-order chi connectivity index (χ0) is 36.1. The Morgan fingerprint density at radius 3 is 1.86 bits per heavy atom. The summed E-state index contributed by atoms with van der Waals surface area (Å²) in [6, 6.07) is 28.9. The molecule has 6 N–H and O–H groups in total. The summed E-state index contributed by atoms with van der Waals surface area (Å²) in [5.41, 5.74) is 1.63. The summed E-state index contributed by atoms with van der Waals surface area (Å²) in [5.74, 6) is -0.489. The van der Waals surface area contributed by atoms with Gasteiger partial charge in [0.15, 0.2) is 0 Å². The number of amides is 4. The van der Waals surface area contributed by atoms with Gasteiger partial charge in [-0.3, -0.25) is 14.3 Å². The van der Waals surface area contributed by atoms with Crippen LogP contribution in [0.2, 0.25) is 0 Å². The summed E-state index contributed by atoms with van der Waals surface area (Å²) in [6.45, 7) is 5.27. The second-order valence-electron chi connectivity index (χ2n) is 12.7. The first kappa shape index (κ1) is 37.0. The van der Waals surface area contributed by atoms with Gasteiger partial charge in [0.1, 0.15) is 28.7 Å². The molecule has 0 aliphatic carbocycles. The molecule has 4 amide bonds. The van der Waals surface area contributed by atoms with E-state index in [-0.39, 0.29) is 32.4 Å². The number of rotatable bonds is 15. The molecule has 0 radical (unpaired) electrons. The van der Waals surface area contributed by atoms with Gasteiger partial charge in [0.25, 0.3) is 0 Å². The topological polar surface area (TPSA) is 176 Å². The smallest absolute Gasteiger partial charge is 0.407 e. The van der Waals surface area contributed by atoms with Crippen molar-refractivity contribution < 1.29 is 29.0 Å². The number of hydrogen-bond acceptors (Lipinski definition) is 7. The maximum absolute atomic E-state index is 13.8. The lowest BCUT2D eigenvalue weighted by molar-refractivity contribution is -0.126. The van der Waals surface area contributed by atoms with Crippen molar-refractivity contribution >= 4 is 35.5 Å². The van der Waals surface area contributed by atoms with Gasteiger partial charge in [0.05, 0.1) is 6.20 Å². The lowest BCUT2D eigenvalue weighted by atomic mass is 9.77. The van der Waals surface area contributed by atoms with Crippen LogP contribution >= 0.6 is 0 Å². The molecule has 0 spiro atoms. The predicted octanol–water partition coefficient (Wildman–Crippen LogP) is 5.21. The van der Waals surface area contributed by atoms with Gasteiger partial charge in [-0.15, -0.1) is 0 Å². The van der Waals surface area contributed by atoms with Crippen LogP contribution in [0.4, 0.5) is 21.1 Å². The molecule has 13 heteroatoms. The van der Waals surface area contributed by atoms with Crippen molar-refractivity contribution in [3.63, 3.8) is 0 Å². The molecule has 1 aromatic heterocycles.